The predicted molar refractivity (Wildman–Crippen MR) is 135 cm³/mol. The molecule has 5 rings (SSSR count). The van der Waals surface area contributed by atoms with Gasteiger partial charge in [-0.05, 0) is 50.1 Å². The lowest BCUT2D eigenvalue weighted by atomic mass is 9.89. The number of aryl methyl sites for hydroxylation is 1. The quantitative estimate of drug-likeness (QED) is 0.289. The maximum atomic E-state index is 6.59. The lowest BCUT2D eigenvalue weighted by Crippen LogP contribution is -2.10. The Morgan fingerprint density at radius 1 is 0.879 bits per heavy atom. The molecular formula is C25H24Cl3N5. The monoisotopic (exact) mass is 499 g/mol. The van der Waals surface area contributed by atoms with Crippen LogP contribution in [0.25, 0.3) is 28.5 Å². The van der Waals surface area contributed by atoms with Crippen LogP contribution in [-0.2, 0) is 7.05 Å². The summed E-state index contributed by atoms with van der Waals surface area (Å²) in [7, 11) is 1.98. The summed E-state index contributed by atoms with van der Waals surface area (Å²) in [4.78, 5) is 4.96. The molecule has 1 fully saturated rings. The largest absolute Gasteiger partial charge is 0.252 e. The van der Waals surface area contributed by atoms with Crippen LogP contribution >= 0.6 is 34.8 Å². The second-order valence-electron chi connectivity index (χ2n) is 8.59. The zero-order valence-electron chi connectivity index (χ0n) is 18.5. The van der Waals surface area contributed by atoms with Crippen molar-refractivity contribution in [2.24, 2.45) is 7.05 Å². The Bertz CT molecular complexity index is 1300. The second-order valence-corrected chi connectivity index (χ2v) is 9.87. The summed E-state index contributed by atoms with van der Waals surface area (Å²) in [6, 6.07) is 13.1. The van der Waals surface area contributed by atoms with Crippen molar-refractivity contribution in [3.63, 3.8) is 0 Å². The molecule has 0 bridgehead atoms. The number of rotatable bonds is 4. The number of nitrogens with zero attached hydrogens (tertiary/aromatic N) is 5. The minimum atomic E-state index is 0.453. The van der Waals surface area contributed by atoms with E-state index < -0.39 is 0 Å². The van der Waals surface area contributed by atoms with Crippen LogP contribution in [0.1, 0.15) is 49.4 Å². The van der Waals surface area contributed by atoms with Gasteiger partial charge in [-0.1, -0.05) is 66.2 Å². The van der Waals surface area contributed by atoms with Crippen molar-refractivity contribution in [1.29, 1.82) is 0 Å². The average Bonchev–Trinajstić information content (AvgIpc) is 3.35. The molecule has 1 aliphatic rings. The molecule has 1 saturated carbocycles. The van der Waals surface area contributed by atoms with Gasteiger partial charge < -0.3 is 0 Å². The number of hydrogen-bond donors (Lipinski definition) is 0. The molecule has 170 valence electrons. The van der Waals surface area contributed by atoms with Crippen molar-refractivity contribution in [2.75, 3.05) is 0 Å². The average molecular weight is 501 g/mol. The van der Waals surface area contributed by atoms with Crippen molar-refractivity contribution in [1.82, 2.24) is 24.5 Å². The van der Waals surface area contributed by atoms with Gasteiger partial charge >= 0.3 is 0 Å². The molecule has 1 aliphatic carbocycles. The Labute approximate surface area is 208 Å². The molecule has 2 aromatic carbocycles. The van der Waals surface area contributed by atoms with Crippen molar-refractivity contribution in [3.05, 3.63) is 68.9 Å². The molecule has 0 amide bonds. The van der Waals surface area contributed by atoms with Gasteiger partial charge in [0.15, 0.2) is 0 Å². The molecule has 5 nitrogen and oxygen atoms in total. The Kier molecular flexibility index (Phi) is 6.21. The molecule has 0 spiro atoms. The van der Waals surface area contributed by atoms with E-state index in [1.165, 1.54) is 19.3 Å². The maximum absolute atomic E-state index is 6.59. The van der Waals surface area contributed by atoms with Gasteiger partial charge in [0.05, 0.1) is 16.4 Å². The van der Waals surface area contributed by atoms with E-state index in [4.69, 9.17) is 50.0 Å². The first kappa shape index (κ1) is 22.5. The zero-order chi connectivity index (χ0) is 23.1. The standard InChI is InChI=1S/C25H24Cl3N5/c1-15-22(24-29-25(32(2)31-24)17-6-4-3-5-7-17)30-33(21-13-12-19(27)14-20(21)28)23(15)16-8-10-18(26)11-9-16/h8-14,17H,3-7H2,1-2H3. The predicted octanol–water partition coefficient (Wildman–Crippen LogP) is 7.65. The fraction of sp³-hybridized carbons (Fsp3) is 0.320. The van der Waals surface area contributed by atoms with Gasteiger partial charge in [-0.15, -0.1) is 5.10 Å². The first-order valence-electron chi connectivity index (χ1n) is 11.1. The van der Waals surface area contributed by atoms with Gasteiger partial charge in [-0.3, -0.25) is 4.68 Å². The molecule has 0 atom stereocenters. The molecule has 0 unspecified atom stereocenters. The van der Waals surface area contributed by atoms with Crippen LogP contribution in [0.2, 0.25) is 15.1 Å². The highest BCUT2D eigenvalue weighted by Gasteiger charge is 2.26. The third-order valence-electron chi connectivity index (χ3n) is 6.36. The number of halogens is 3. The summed E-state index contributed by atoms with van der Waals surface area (Å²) in [6.07, 6.45) is 6.12. The van der Waals surface area contributed by atoms with Crippen molar-refractivity contribution >= 4 is 34.8 Å². The van der Waals surface area contributed by atoms with Crippen molar-refractivity contribution in [2.45, 2.75) is 44.9 Å². The van der Waals surface area contributed by atoms with Gasteiger partial charge in [0.1, 0.15) is 11.5 Å². The van der Waals surface area contributed by atoms with E-state index >= 15 is 0 Å². The number of aromatic nitrogens is 5. The van der Waals surface area contributed by atoms with Gasteiger partial charge in [-0.2, -0.15) is 5.10 Å². The summed E-state index contributed by atoms with van der Waals surface area (Å²) >= 11 is 18.9. The molecule has 33 heavy (non-hydrogen) atoms. The lowest BCUT2D eigenvalue weighted by molar-refractivity contribution is 0.417. The smallest absolute Gasteiger partial charge is 0.202 e. The van der Waals surface area contributed by atoms with E-state index in [1.54, 1.807) is 6.07 Å². The molecule has 2 aromatic heterocycles. The maximum Gasteiger partial charge on any atom is 0.202 e. The highest BCUT2D eigenvalue weighted by molar-refractivity contribution is 6.35. The Morgan fingerprint density at radius 2 is 1.58 bits per heavy atom. The third kappa shape index (κ3) is 4.30. The Balaban J connectivity index is 1.67. The summed E-state index contributed by atoms with van der Waals surface area (Å²) in [5.41, 5.74) is 4.35. The van der Waals surface area contributed by atoms with Crippen LogP contribution in [0, 0.1) is 6.92 Å². The van der Waals surface area contributed by atoms with Crippen LogP contribution in [0.15, 0.2) is 42.5 Å². The third-order valence-corrected chi connectivity index (χ3v) is 7.15. The molecule has 8 heteroatoms. The fourth-order valence-electron chi connectivity index (χ4n) is 4.70. The number of benzene rings is 2. The molecule has 4 aromatic rings. The first-order chi connectivity index (χ1) is 15.9. The van der Waals surface area contributed by atoms with Crippen LogP contribution < -0.4 is 0 Å². The van der Waals surface area contributed by atoms with Gasteiger partial charge in [0.2, 0.25) is 5.82 Å². The summed E-state index contributed by atoms with van der Waals surface area (Å²) < 4.78 is 3.77. The molecule has 0 aliphatic heterocycles. The summed E-state index contributed by atoms with van der Waals surface area (Å²) in [6.45, 7) is 2.04. The molecule has 0 radical (unpaired) electrons. The Hall–Kier alpha value is -2.34. The zero-order valence-corrected chi connectivity index (χ0v) is 20.8. The van der Waals surface area contributed by atoms with Crippen molar-refractivity contribution < 1.29 is 0 Å². The van der Waals surface area contributed by atoms with E-state index in [0.717, 1.165) is 46.9 Å². The molecule has 0 N–H and O–H groups in total. The molecule has 0 saturated heterocycles. The lowest BCUT2D eigenvalue weighted by Gasteiger charge is -2.20. The minimum absolute atomic E-state index is 0.453. The summed E-state index contributed by atoms with van der Waals surface area (Å²) in [5, 5.41) is 11.5. The van der Waals surface area contributed by atoms with Crippen LogP contribution in [-0.4, -0.2) is 24.5 Å². The van der Waals surface area contributed by atoms with Gasteiger partial charge in [-0.25, -0.2) is 9.67 Å². The second kappa shape index (κ2) is 9.13. The highest BCUT2D eigenvalue weighted by Crippen LogP contribution is 2.37. The summed E-state index contributed by atoms with van der Waals surface area (Å²) in [5.74, 6) is 2.12. The highest BCUT2D eigenvalue weighted by atomic mass is 35.5. The van der Waals surface area contributed by atoms with Crippen molar-refractivity contribution in [3.8, 4) is 28.5 Å². The normalized spacial score (nSPS) is 14.7. The minimum Gasteiger partial charge on any atom is -0.252 e. The van der Waals surface area contributed by atoms with Crippen LogP contribution in [0.3, 0.4) is 0 Å². The molecule has 2 heterocycles. The van der Waals surface area contributed by atoms with Gasteiger partial charge in [0, 0.05) is 34.1 Å². The number of hydrogen-bond acceptors (Lipinski definition) is 3. The van der Waals surface area contributed by atoms with Crippen LogP contribution in [0.4, 0.5) is 0 Å². The van der Waals surface area contributed by atoms with E-state index in [1.807, 2.05) is 59.7 Å². The van der Waals surface area contributed by atoms with E-state index in [9.17, 15) is 0 Å². The Morgan fingerprint density at radius 3 is 2.27 bits per heavy atom. The van der Waals surface area contributed by atoms with E-state index in [-0.39, 0.29) is 0 Å². The van der Waals surface area contributed by atoms with E-state index in [2.05, 4.69) is 0 Å². The topological polar surface area (TPSA) is 48.5 Å². The fourth-order valence-corrected chi connectivity index (χ4v) is 5.31. The van der Waals surface area contributed by atoms with E-state index in [0.29, 0.717) is 26.8 Å². The SMILES string of the molecule is Cc1c(-c2nc(C3CCCCC3)n(C)n2)nn(-c2ccc(Cl)cc2Cl)c1-c1ccc(Cl)cc1. The molecular weight excluding hydrogens is 477 g/mol. The van der Waals surface area contributed by atoms with Gasteiger partial charge in [0.25, 0.3) is 0 Å². The van der Waals surface area contributed by atoms with Crippen LogP contribution in [0.5, 0.6) is 0 Å². The first-order valence-corrected chi connectivity index (χ1v) is 12.3.